The summed E-state index contributed by atoms with van der Waals surface area (Å²) in [4.78, 5) is 11.7. The van der Waals surface area contributed by atoms with Gasteiger partial charge in [-0.2, -0.15) is 0 Å². The van der Waals surface area contributed by atoms with Gasteiger partial charge in [-0.1, -0.05) is 12.1 Å². The molecule has 182 valence electrons. The lowest BCUT2D eigenvalue weighted by Gasteiger charge is -2.34. The molecule has 1 aromatic carbocycles. The summed E-state index contributed by atoms with van der Waals surface area (Å²) >= 11 is 0. The Labute approximate surface area is 214 Å². The molecular formula is C24H36IN5O3. The number of benzene rings is 1. The van der Waals surface area contributed by atoms with Gasteiger partial charge in [0.1, 0.15) is 0 Å². The fourth-order valence-electron chi connectivity index (χ4n) is 3.76. The molecule has 1 saturated heterocycles. The quantitative estimate of drug-likeness (QED) is 0.259. The van der Waals surface area contributed by atoms with Crippen LogP contribution in [0.15, 0.2) is 47.6 Å². The van der Waals surface area contributed by atoms with Crippen LogP contribution in [0.3, 0.4) is 0 Å². The highest BCUT2D eigenvalue weighted by Crippen LogP contribution is 2.32. The summed E-state index contributed by atoms with van der Waals surface area (Å²) in [6, 6.07) is 12.2. The molecule has 0 radical (unpaired) electrons. The lowest BCUT2D eigenvalue weighted by atomic mass is 10.0. The van der Waals surface area contributed by atoms with E-state index in [4.69, 9.17) is 19.2 Å². The number of hydrogen-bond acceptors (Lipinski definition) is 6. The lowest BCUT2D eigenvalue weighted by Crippen LogP contribution is -2.42. The van der Waals surface area contributed by atoms with Gasteiger partial charge in [-0.15, -0.1) is 24.0 Å². The summed E-state index contributed by atoms with van der Waals surface area (Å²) in [5.74, 6) is 2.26. The minimum atomic E-state index is 0. The highest BCUT2D eigenvalue weighted by Gasteiger charge is 2.24. The number of nitrogens with zero attached hydrogens (tertiary/aromatic N) is 3. The number of aliphatic imine (C=N–C) groups is 1. The number of guanidine groups is 1. The molecule has 1 aromatic heterocycles. The van der Waals surface area contributed by atoms with E-state index in [1.54, 1.807) is 14.2 Å². The van der Waals surface area contributed by atoms with Crippen molar-refractivity contribution in [2.45, 2.75) is 19.4 Å². The van der Waals surface area contributed by atoms with Crippen LogP contribution in [0.5, 0.6) is 11.5 Å². The standard InChI is InChI=1S/C24H35N5O3.HI/c1-4-25-24(27-12-10-20-7-5-6-11-26-20)28-18-21(29-13-15-32-16-14-29)19-8-9-22(30-2)23(17-19)31-3;/h5-9,11,17,21H,4,10,12-16,18H2,1-3H3,(H2,25,27,28);1H. The van der Waals surface area contributed by atoms with Gasteiger partial charge in [-0.3, -0.25) is 14.9 Å². The molecule has 8 nitrogen and oxygen atoms in total. The number of hydrogen-bond donors (Lipinski definition) is 2. The van der Waals surface area contributed by atoms with Crippen LogP contribution in [0.4, 0.5) is 0 Å². The molecule has 1 aliphatic heterocycles. The lowest BCUT2D eigenvalue weighted by molar-refractivity contribution is 0.0179. The van der Waals surface area contributed by atoms with Crippen molar-refractivity contribution in [3.05, 3.63) is 53.9 Å². The van der Waals surface area contributed by atoms with E-state index in [0.717, 1.165) is 74.5 Å². The Morgan fingerprint density at radius 2 is 1.91 bits per heavy atom. The maximum atomic E-state index is 5.57. The second kappa shape index (κ2) is 14.9. The highest BCUT2D eigenvalue weighted by molar-refractivity contribution is 14.0. The Kier molecular flexibility index (Phi) is 12.3. The zero-order valence-electron chi connectivity index (χ0n) is 19.8. The van der Waals surface area contributed by atoms with E-state index in [9.17, 15) is 0 Å². The third-order valence-electron chi connectivity index (χ3n) is 5.45. The Bertz CT molecular complexity index is 847. The zero-order chi connectivity index (χ0) is 22.6. The molecule has 0 amide bonds. The van der Waals surface area contributed by atoms with Crippen molar-refractivity contribution in [2.75, 3.05) is 60.2 Å². The van der Waals surface area contributed by atoms with Crippen molar-refractivity contribution in [3.8, 4) is 11.5 Å². The molecule has 2 aromatic rings. The van der Waals surface area contributed by atoms with E-state index >= 15 is 0 Å². The zero-order valence-corrected chi connectivity index (χ0v) is 22.1. The molecule has 1 fully saturated rings. The number of morpholine rings is 1. The summed E-state index contributed by atoms with van der Waals surface area (Å²) in [5.41, 5.74) is 2.21. The fraction of sp³-hybridized carbons (Fsp3) is 0.500. The molecule has 9 heteroatoms. The summed E-state index contributed by atoms with van der Waals surface area (Å²) < 4.78 is 16.5. The summed E-state index contributed by atoms with van der Waals surface area (Å²) in [6.45, 7) is 7.47. The average Bonchev–Trinajstić information content (AvgIpc) is 2.85. The molecule has 2 N–H and O–H groups in total. The topological polar surface area (TPSA) is 80.2 Å². The van der Waals surface area contributed by atoms with Crippen LogP contribution < -0.4 is 20.1 Å². The maximum Gasteiger partial charge on any atom is 0.191 e. The van der Waals surface area contributed by atoms with Crippen LogP contribution in [0.25, 0.3) is 0 Å². The first-order chi connectivity index (χ1) is 15.7. The first-order valence-corrected chi connectivity index (χ1v) is 11.2. The Morgan fingerprint density at radius 1 is 1.12 bits per heavy atom. The largest absolute Gasteiger partial charge is 0.493 e. The van der Waals surface area contributed by atoms with E-state index in [-0.39, 0.29) is 30.0 Å². The minimum absolute atomic E-state index is 0. The van der Waals surface area contributed by atoms with Crippen LogP contribution in [0.2, 0.25) is 0 Å². The van der Waals surface area contributed by atoms with E-state index < -0.39 is 0 Å². The third kappa shape index (κ3) is 8.31. The molecule has 0 saturated carbocycles. The Hall–Kier alpha value is -2.11. The van der Waals surface area contributed by atoms with Crippen LogP contribution in [0, 0.1) is 0 Å². The van der Waals surface area contributed by atoms with Crippen molar-refractivity contribution in [3.63, 3.8) is 0 Å². The van der Waals surface area contributed by atoms with E-state index in [2.05, 4.69) is 39.6 Å². The normalized spacial score (nSPS) is 15.3. The fourth-order valence-corrected chi connectivity index (χ4v) is 3.76. The maximum absolute atomic E-state index is 5.57. The molecule has 0 spiro atoms. The van der Waals surface area contributed by atoms with Gasteiger partial charge in [-0.25, -0.2) is 0 Å². The smallest absolute Gasteiger partial charge is 0.191 e. The molecule has 1 unspecified atom stereocenters. The average molecular weight is 569 g/mol. The number of nitrogens with one attached hydrogen (secondary N) is 2. The van der Waals surface area contributed by atoms with Crippen LogP contribution in [-0.2, 0) is 11.2 Å². The van der Waals surface area contributed by atoms with E-state index in [0.29, 0.717) is 6.54 Å². The van der Waals surface area contributed by atoms with E-state index in [1.807, 2.05) is 30.5 Å². The number of halogens is 1. The first-order valence-electron chi connectivity index (χ1n) is 11.2. The number of rotatable bonds is 10. The summed E-state index contributed by atoms with van der Waals surface area (Å²) in [5, 5.41) is 6.78. The third-order valence-corrected chi connectivity index (χ3v) is 5.45. The predicted molar refractivity (Wildman–Crippen MR) is 142 cm³/mol. The van der Waals surface area contributed by atoms with Gasteiger partial charge in [0.15, 0.2) is 17.5 Å². The summed E-state index contributed by atoms with van der Waals surface area (Å²) in [7, 11) is 3.32. The van der Waals surface area contributed by atoms with Crippen molar-refractivity contribution in [1.82, 2.24) is 20.5 Å². The monoisotopic (exact) mass is 569 g/mol. The number of aromatic nitrogens is 1. The van der Waals surface area contributed by atoms with Crippen molar-refractivity contribution in [2.24, 2.45) is 4.99 Å². The van der Waals surface area contributed by atoms with Crippen LogP contribution >= 0.6 is 24.0 Å². The van der Waals surface area contributed by atoms with Gasteiger partial charge in [-0.05, 0) is 36.8 Å². The minimum Gasteiger partial charge on any atom is -0.493 e. The molecular weight excluding hydrogens is 533 g/mol. The van der Waals surface area contributed by atoms with Gasteiger partial charge >= 0.3 is 0 Å². The SMILES string of the molecule is CCNC(=NCC(c1ccc(OC)c(OC)c1)N1CCOCC1)NCCc1ccccn1.I. The van der Waals surface area contributed by atoms with Gasteiger partial charge in [0.25, 0.3) is 0 Å². The molecule has 0 aliphatic carbocycles. The molecule has 2 heterocycles. The Morgan fingerprint density at radius 3 is 2.58 bits per heavy atom. The summed E-state index contributed by atoms with van der Waals surface area (Å²) in [6.07, 6.45) is 2.67. The van der Waals surface area contributed by atoms with Gasteiger partial charge in [0, 0.05) is 44.5 Å². The van der Waals surface area contributed by atoms with Gasteiger partial charge in [0.05, 0.1) is 40.0 Å². The van der Waals surface area contributed by atoms with Crippen molar-refractivity contribution in [1.29, 1.82) is 0 Å². The molecule has 3 rings (SSSR count). The molecule has 1 aliphatic rings. The first kappa shape index (κ1) is 27.1. The molecule has 0 bridgehead atoms. The number of ether oxygens (including phenoxy) is 3. The van der Waals surface area contributed by atoms with Gasteiger partial charge in [0.2, 0.25) is 0 Å². The second-order valence-electron chi connectivity index (χ2n) is 7.50. The molecule has 1 atom stereocenters. The Balaban J connectivity index is 0.00000385. The van der Waals surface area contributed by atoms with Crippen molar-refractivity contribution >= 4 is 29.9 Å². The van der Waals surface area contributed by atoms with Gasteiger partial charge < -0.3 is 24.8 Å². The van der Waals surface area contributed by atoms with Crippen molar-refractivity contribution < 1.29 is 14.2 Å². The number of pyridine rings is 1. The number of methoxy groups -OCH3 is 2. The van der Waals surface area contributed by atoms with Crippen LogP contribution in [0.1, 0.15) is 24.2 Å². The highest BCUT2D eigenvalue weighted by atomic mass is 127. The van der Waals surface area contributed by atoms with E-state index in [1.165, 1.54) is 0 Å². The predicted octanol–water partition coefficient (Wildman–Crippen LogP) is 2.89. The molecule has 33 heavy (non-hydrogen) atoms. The second-order valence-corrected chi connectivity index (χ2v) is 7.50. The van der Waals surface area contributed by atoms with Crippen LogP contribution in [-0.4, -0.2) is 76.0 Å².